The first-order chi connectivity index (χ1) is 10.7. The van der Waals surface area contributed by atoms with E-state index in [-0.39, 0.29) is 11.9 Å². The molecule has 0 saturated carbocycles. The van der Waals surface area contributed by atoms with Gasteiger partial charge in [-0.3, -0.25) is 4.79 Å². The molecular weight excluding hydrogens is 300 g/mol. The van der Waals surface area contributed by atoms with Gasteiger partial charge in [-0.25, -0.2) is 4.98 Å². The molecule has 1 unspecified atom stereocenters. The molecule has 1 fully saturated rings. The number of carbonyl (C=O) groups is 1. The number of aromatic nitrogens is 3. The van der Waals surface area contributed by atoms with Crippen molar-refractivity contribution < 1.29 is 9.32 Å². The van der Waals surface area contributed by atoms with E-state index in [4.69, 9.17) is 4.52 Å². The van der Waals surface area contributed by atoms with Gasteiger partial charge in [0.1, 0.15) is 6.04 Å². The lowest BCUT2D eigenvalue weighted by molar-refractivity contribution is 0.0710. The maximum atomic E-state index is 12.8. The van der Waals surface area contributed by atoms with Crippen molar-refractivity contribution in [1.29, 1.82) is 0 Å². The second kappa shape index (κ2) is 5.17. The van der Waals surface area contributed by atoms with Crippen molar-refractivity contribution in [2.75, 3.05) is 6.54 Å². The van der Waals surface area contributed by atoms with E-state index >= 15 is 0 Å². The molecule has 0 radical (unpaired) electrons. The summed E-state index contributed by atoms with van der Waals surface area (Å²) in [5.41, 5.74) is 0.861. The number of amides is 1. The van der Waals surface area contributed by atoms with E-state index in [2.05, 4.69) is 15.1 Å². The third kappa shape index (κ3) is 2.18. The number of hydrogen-bond donors (Lipinski definition) is 0. The summed E-state index contributed by atoms with van der Waals surface area (Å²) in [5.74, 6) is 1.05. The number of thiazole rings is 1. The number of carbonyl (C=O) groups excluding carboxylic acids is 1. The number of fused-ring (bicyclic) bond motifs is 1. The van der Waals surface area contributed by atoms with Gasteiger partial charge in [-0.05, 0) is 31.9 Å². The van der Waals surface area contributed by atoms with Gasteiger partial charge in [0, 0.05) is 6.54 Å². The minimum atomic E-state index is -0.138. The van der Waals surface area contributed by atoms with Crippen LogP contribution in [0.5, 0.6) is 0 Å². The van der Waals surface area contributed by atoms with Crippen LogP contribution in [0.3, 0.4) is 0 Å². The van der Waals surface area contributed by atoms with E-state index in [9.17, 15) is 4.79 Å². The van der Waals surface area contributed by atoms with Crippen LogP contribution in [-0.4, -0.2) is 32.5 Å². The van der Waals surface area contributed by atoms with E-state index in [1.807, 2.05) is 24.3 Å². The van der Waals surface area contributed by atoms with Gasteiger partial charge in [0.25, 0.3) is 5.91 Å². The second-order valence-electron chi connectivity index (χ2n) is 5.32. The Labute approximate surface area is 130 Å². The van der Waals surface area contributed by atoms with E-state index < -0.39 is 0 Å². The van der Waals surface area contributed by atoms with Crippen LogP contribution in [0.4, 0.5) is 0 Å². The van der Waals surface area contributed by atoms with Crippen LogP contribution < -0.4 is 0 Å². The van der Waals surface area contributed by atoms with E-state index in [1.165, 1.54) is 11.3 Å². The minimum absolute atomic E-state index is 0.0560. The minimum Gasteiger partial charge on any atom is -0.337 e. The highest BCUT2D eigenvalue weighted by molar-refractivity contribution is 7.20. The van der Waals surface area contributed by atoms with Crippen LogP contribution in [0.15, 0.2) is 28.8 Å². The normalized spacial score (nSPS) is 18.2. The zero-order chi connectivity index (χ0) is 15.1. The molecule has 6 nitrogen and oxygen atoms in total. The van der Waals surface area contributed by atoms with Gasteiger partial charge in [0.05, 0.1) is 10.2 Å². The zero-order valence-electron chi connectivity index (χ0n) is 12.0. The van der Waals surface area contributed by atoms with Gasteiger partial charge < -0.3 is 9.42 Å². The van der Waals surface area contributed by atoms with E-state index in [1.54, 1.807) is 11.8 Å². The van der Waals surface area contributed by atoms with Crippen molar-refractivity contribution in [2.24, 2.45) is 0 Å². The van der Waals surface area contributed by atoms with Crippen molar-refractivity contribution in [2.45, 2.75) is 25.8 Å². The Hall–Kier alpha value is -2.28. The van der Waals surface area contributed by atoms with Crippen molar-refractivity contribution in [3.05, 3.63) is 41.0 Å². The summed E-state index contributed by atoms with van der Waals surface area (Å²) in [6.45, 7) is 2.47. The Morgan fingerprint density at radius 2 is 2.23 bits per heavy atom. The molecule has 22 heavy (non-hydrogen) atoms. The molecule has 1 aliphatic heterocycles. The fourth-order valence-electron chi connectivity index (χ4n) is 2.80. The fraction of sp³-hybridized carbons (Fsp3) is 0.333. The highest BCUT2D eigenvalue weighted by Crippen LogP contribution is 2.33. The van der Waals surface area contributed by atoms with Crippen molar-refractivity contribution in [3.63, 3.8) is 0 Å². The molecule has 0 bridgehead atoms. The number of benzene rings is 1. The summed E-state index contributed by atoms with van der Waals surface area (Å²) in [6, 6.07) is 7.64. The van der Waals surface area contributed by atoms with Gasteiger partial charge >= 0.3 is 0 Å². The Morgan fingerprint density at radius 3 is 3.00 bits per heavy atom. The Bertz CT molecular complexity index is 808. The lowest BCUT2D eigenvalue weighted by atomic mass is 10.2. The molecule has 1 aromatic carbocycles. The van der Waals surface area contributed by atoms with Gasteiger partial charge in [-0.2, -0.15) is 4.98 Å². The highest BCUT2D eigenvalue weighted by Gasteiger charge is 2.35. The van der Waals surface area contributed by atoms with Crippen LogP contribution in [0.1, 0.15) is 40.4 Å². The molecular formula is C15H14N4O2S. The van der Waals surface area contributed by atoms with Crippen LogP contribution in [0.25, 0.3) is 10.2 Å². The van der Waals surface area contributed by atoms with Gasteiger partial charge in [0.2, 0.25) is 5.89 Å². The zero-order valence-corrected chi connectivity index (χ0v) is 12.8. The predicted octanol–water partition coefficient (Wildman–Crippen LogP) is 2.97. The maximum absolute atomic E-state index is 12.8. The molecule has 0 N–H and O–H groups in total. The first-order valence-corrected chi connectivity index (χ1v) is 8.01. The van der Waals surface area contributed by atoms with E-state index in [0.29, 0.717) is 23.3 Å². The molecule has 1 amide bonds. The molecule has 0 aliphatic carbocycles. The Kier molecular flexibility index (Phi) is 3.15. The number of hydrogen-bond acceptors (Lipinski definition) is 6. The van der Waals surface area contributed by atoms with Crippen molar-refractivity contribution in [3.8, 4) is 0 Å². The lowest BCUT2D eigenvalue weighted by Gasteiger charge is -2.20. The second-order valence-corrected chi connectivity index (χ2v) is 6.35. The molecule has 2 aromatic heterocycles. The fourth-order valence-corrected chi connectivity index (χ4v) is 3.72. The average Bonchev–Trinajstić information content (AvgIpc) is 3.24. The van der Waals surface area contributed by atoms with Crippen molar-refractivity contribution in [1.82, 2.24) is 20.0 Å². The first-order valence-electron chi connectivity index (χ1n) is 7.19. The highest BCUT2D eigenvalue weighted by atomic mass is 32.1. The summed E-state index contributed by atoms with van der Waals surface area (Å²) in [4.78, 5) is 23.3. The quantitative estimate of drug-likeness (QED) is 0.727. The third-order valence-electron chi connectivity index (χ3n) is 3.82. The molecule has 7 heteroatoms. The predicted molar refractivity (Wildman–Crippen MR) is 81.7 cm³/mol. The van der Waals surface area contributed by atoms with Crippen molar-refractivity contribution >= 4 is 27.5 Å². The number of aryl methyl sites for hydroxylation is 1. The average molecular weight is 314 g/mol. The monoisotopic (exact) mass is 314 g/mol. The summed E-state index contributed by atoms with van der Waals surface area (Å²) in [6.07, 6.45) is 1.78. The van der Waals surface area contributed by atoms with Gasteiger partial charge in [-0.15, -0.1) is 11.3 Å². The molecule has 3 heterocycles. The number of likely N-dealkylation sites (tertiary alicyclic amines) is 1. The number of rotatable bonds is 2. The van der Waals surface area contributed by atoms with Crippen LogP contribution in [0, 0.1) is 6.92 Å². The molecule has 1 saturated heterocycles. The molecule has 4 rings (SSSR count). The van der Waals surface area contributed by atoms with Crippen LogP contribution >= 0.6 is 11.3 Å². The SMILES string of the molecule is Cc1noc(C2CCCN2C(=O)c2nc3ccccc3s2)n1. The summed E-state index contributed by atoms with van der Waals surface area (Å²) < 4.78 is 6.27. The summed E-state index contributed by atoms with van der Waals surface area (Å²) in [7, 11) is 0. The van der Waals surface area contributed by atoms with Gasteiger partial charge in [0.15, 0.2) is 10.8 Å². The van der Waals surface area contributed by atoms with Gasteiger partial charge in [-0.1, -0.05) is 17.3 Å². The Morgan fingerprint density at radius 1 is 1.36 bits per heavy atom. The molecule has 112 valence electrons. The Balaban J connectivity index is 1.66. The molecule has 3 aromatic rings. The summed E-state index contributed by atoms with van der Waals surface area (Å²) >= 11 is 1.43. The number of nitrogens with zero attached hydrogens (tertiary/aromatic N) is 4. The topological polar surface area (TPSA) is 72.1 Å². The largest absolute Gasteiger partial charge is 0.337 e. The van der Waals surface area contributed by atoms with Crippen LogP contribution in [-0.2, 0) is 0 Å². The summed E-state index contributed by atoms with van der Waals surface area (Å²) in [5, 5.41) is 4.34. The number of para-hydroxylation sites is 1. The smallest absolute Gasteiger partial charge is 0.283 e. The molecule has 1 aliphatic rings. The van der Waals surface area contributed by atoms with Crippen LogP contribution in [0.2, 0.25) is 0 Å². The standard InChI is InChI=1S/C15H14N4O2S/c1-9-16-13(21-18-9)11-6-4-8-19(11)15(20)14-17-10-5-2-3-7-12(10)22-14/h2-3,5,7,11H,4,6,8H2,1H3. The third-order valence-corrected chi connectivity index (χ3v) is 4.84. The molecule has 0 spiro atoms. The first kappa shape index (κ1) is 13.4. The lowest BCUT2D eigenvalue weighted by Crippen LogP contribution is -2.30. The molecule has 1 atom stereocenters. The van der Waals surface area contributed by atoms with E-state index in [0.717, 1.165) is 23.1 Å². The maximum Gasteiger partial charge on any atom is 0.283 e.